The monoisotopic (exact) mass is 346 g/mol. The normalized spacial score (nSPS) is 13.8. The van der Waals surface area contributed by atoms with Crippen molar-refractivity contribution in [3.63, 3.8) is 0 Å². The summed E-state index contributed by atoms with van der Waals surface area (Å²) in [6, 6.07) is 4.09. The van der Waals surface area contributed by atoms with Gasteiger partial charge in [-0.1, -0.05) is 22.0 Å². The zero-order valence-electron chi connectivity index (χ0n) is 11.9. The molecule has 1 aromatic carbocycles. The number of ether oxygens (including phenoxy) is 1. The van der Waals surface area contributed by atoms with Gasteiger partial charge < -0.3 is 10.1 Å². The minimum Gasteiger partial charge on any atom is -0.383 e. The number of nitrogens with one attached hydrogen (secondary N) is 2. The summed E-state index contributed by atoms with van der Waals surface area (Å²) in [6.45, 7) is 4.68. The van der Waals surface area contributed by atoms with E-state index in [-0.39, 0.29) is 23.8 Å². The van der Waals surface area contributed by atoms with E-state index in [0.717, 1.165) is 5.56 Å². The molecule has 0 spiro atoms. The Morgan fingerprint density at radius 1 is 1.45 bits per heavy atom. The van der Waals surface area contributed by atoms with Crippen LogP contribution in [-0.2, 0) is 9.53 Å². The Morgan fingerprint density at radius 2 is 2.15 bits per heavy atom. The molecule has 0 saturated carbocycles. The number of methoxy groups -OCH3 is 1. The summed E-state index contributed by atoms with van der Waals surface area (Å²) >= 11 is 3.33. The van der Waals surface area contributed by atoms with Gasteiger partial charge in [0.25, 0.3) is 0 Å². The van der Waals surface area contributed by atoms with Gasteiger partial charge in [-0.2, -0.15) is 0 Å². The lowest BCUT2D eigenvalue weighted by atomic mass is 10.1. The molecule has 2 unspecified atom stereocenters. The fourth-order valence-electron chi connectivity index (χ4n) is 1.82. The quantitative estimate of drug-likeness (QED) is 0.745. The first kappa shape index (κ1) is 17.1. The summed E-state index contributed by atoms with van der Waals surface area (Å²) in [5.74, 6) is -0.384. The van der Waals surface area contributed by atoms with Gasteiger partial charge in [0, 0.05) is 24.2 Å². The third-order valence-corrected chi connectivity index (χ3v) is 3.61. The number of carbonyl (C=O) groups is 1. The summed E-state index contributed by atoms with van der Waals surface area (Å²) in [5.41, 5.74) is 0.906. The smallest absolute Gasteiger partial charge is 0.236 e. The summed E-state index contributed by atoms with van der Waals surface area (Å²) in [7, 11) is 1.59. The van der Waals surface area contributed by atoms with Gasteiger partial charge in [-0.25, -0.2) is 4.39 Å². The highest BCUT2D eigenvalue weighted by Crippen LogP contribution is 2.24. The van der Waals surface area contributed by atoms with Crippen molar-refractivity contribution in [2.75, 3.05) is 20.3 Å². The molecule has 0 saturated heterocycles. The van der Waals surface area contributed by atoms with Crippen molar-refractivity contribution in [1.82, 2.24) is 10.6 Å². The molecule has 20 heavy (non-hydrogen) atoms. The molecule has 1 rings (SSSR count). The Labute approximate surface area is 127 Å². The molecular formula is C14H20BrFN2O2. The van der Waals surface area contributed by atoms with Gasteiger partial charge in [-0.15, -0.1) is 0 Å². The Kier molecular flexibility index (Phi) is 7.12. The van der Waals surface area contributed by atoms with Crippen molar-refractivity contribution in [2.45, 2.75) is 25.9 Å². The van der Waals surface area contributed by atoms with E-state index < -0.39 is 0 Å². The maximum atomic E-state index is 13.0. The Hall–Kier alpha value is -0.980. The first-order valence-electron chi connectivity index (χ1n) is 6.43. The van der Waals surface area contributed by atoms with Crippen LogP contribution in [0.4, 0.5) is 4.39 Å². The Morgan fingerprint density at radius 3 is 2.75 bits per heavy atom. The van der Waals surface area contributed by atoms with E-state index in [0.29, 0.717) is 17.6 Å². The third kappa shape index (κ3) is 5.19. The van der Waals surface area contributed by atoms with Crippen LogP contribution in [0.2, 0.25) is 0 Å². The van der Waals surface area contributed by atoms with E-state index in [1.54, 1.807) is 20.1 Å². The van der Waals surface area contributed by atoms with Crippen molar-refractivity contribution < 1.29 is 13.9 Å². The fourth-order valence-corrected chi connectivity index (χ4v) is 2.52. The summed E-state index contributed by atoms with van der Waals surface area (Å²) in [4.78, 5) is 11.8. The minimum absolute atomic E-state index is 0.0758. The summed E-state index contributed by atoms with van der Waals surface area (Å²) in [5, 5.41) is 5.94. The maximum absolute atomic E-state index is 13.0. The van der Waals surface area contributed by atoms with Crippen molar-refractivity contribution in [3.8, 4) is 0 Å². The third-order valence-electron chi connectivity index (χ3n) is 2.93. The highest BCUT2D eigenvalue weighted by Gasteiger charge is 2.17. The molecule has 0 heterocycles. The maximum Gasteiger partial charge on any atom is 0.236 e. The number of hydrogen-bond acceptors (Lipinski definition) is 3. The number of carbonyl (C=O) groups excluding carboxylic acids is 1. The molecule has 0 aromatic heterocycles. The van der Waals surface area contributed by atoms with Crippen molar-refractivity contribution >= 4 is 21.8 Å². The molecule has 1 amide bonds. The first-order chi connectivity index (χ1) is 9.45. The summed E-state index contributed by atoms with van der Waals surface area (Å²) < 4.78 is 18.6. The van der Waals surface area contributed by atoms with Crippen LogP contribution in [0.5, 0.6) is 0 Å². The fraction of sp³-hybridized carbons (Fsp3) is 0.500. The van der Waals surface area contributed by atoms with Crippen molar-refractivity contribution in [3.05, 3.63) is 34.1 Å². The molecule has 4 nitrogen and oxygen atoms in total. The lowest BCUT2D eigenvalue weighted by Crippen LogP contribution is -2.44. The second-order valence-electron chi connectivity index (χ2n) is 4.56. The topological polar surface area (TPSA) is 50.4 Å². The molecule has 1 aromatic rings. The van der Waals surface area contributed by atoms with E-state index >= 15 is 0 Å². The standard InChI is InChI=1S/C14H20BrFN2O2/c1-9(12-5-4-11(16)8-13(12)15)18-10(2)14(19)17-6-7-20-3/h4-5,8-10,18H,6-7H2,1-3H3,(H,17,19). The molecule has 112 valence electrons. The second kappa shape index (κ2) is 8.34. The number of hydrogen-bond donors (Lipinski definition) is 2. The minimum atomic E-state index is -0.348. The average molecular weight is 347 g/mol. The van der Waals surface area contributed by atoms with Gasteiger partial charge in [0.15, 0.2) is 0 Å². The molecule has 6 heteroatoms. The largest absolute Gasteiger partial charge is 0.383 e. The van der Waals surface area contributed by atoms with Gasteiger partial charge >= 0.3 is 0 Å². The predicted octanol–water partition coefficient (Wildman–Crippen LogP) is 2.39. The van der Waals surface area contributed by atoms with Gasteiger partial charge in [0.05, 0.1) is 12.6 Å². The van der Waals surface area contributed by atoms with Crippen LogP contribution in [0.25, 0.3) is 0 Å². The molecule has 2 atom stereocenters. The van der Waals surface area contributed by atoms with Crippen molar-refractivity contribution in [1.29, 1.82) is 0 Å². The Bertz CT molecular complexity index is 457. The Balaban J connectivity index is 2.56. The molecule has 2 N–H and O–H groups in total. The van der Waals surface area contributed by atoms with Crippen LogP contribution in [-0.4, -0.2) is 32.2 Å². The lowest BCUT2D eigenvalue weighted by Gasteiger charge is -2.21. The van der Waals surface area contributed by atoms with E-state index in [1.165, 1.54) is 12.1 Å². The van der Waals surface area contributed by atoms with Crippen LogP contribution >= 0.6 is 15.9 Å². The van der Waals surface area contributed by atoms with Crippen LogP contribution in [0.3, 0.4) is 0 Å². The van der Waals surface area contributed by atoms with Gasteiger partial charge in [-0.3, -0.25) is 10.1 Å². The second-order valence-corrected chi connectivity index (χ2v) is 5.41. The molecule has 0 aliphatic carbocycles. The number of halogens is 2. The molecule has 0 radical (unpaired) electrons. The predicted molar refractivity (Wildman–Crippen MR) is 80.0 cm³/mol. The highest BCUT2D eigenvalue weighted by molar-refractivity contribution is 9.10. The molecule has 0 aliphatic heterocycles. The van der Waals surface area contributed by atoms with Crippen LogP contribution < -0.4 is 10.6 Å². The SMILES string of the molecule is COCCNC(=O)C(C)NC(C)c1ccc(F)cc1Br. The average Bonchev–Trinajstić information content (AvgIpc) is 2.38. The highest BCUT2D eigenvalue weighted by atomic mass is 79.9. The van der Waals surface area contributed by atoms with E-state index in [1.807, 2.05) is 6.92 Å². The number of amides is 1. The zero-order valence-corrected chi connectivity index (χ0v) is 13.5. The van der Waals surface area contributed by atoms with Crippen LogP contribution in [0, 0.1) is 5.82 Å². The molecule has 0 fully saturated rings. The molecule has 0 aliphatic rings. The molecule has 0 bridgehead atoms. The molecular weight excluding hydrogens is 327 g/mol. The summed E-state index contributed by atoms with van der Waals surface area (Å²) in [6.07, 6.45) is 0. The van der Waals surface area contributed by atoms with Gasteiger partial charge in [0.1, 0.15) is 5.82 Å². The number of benzene rings is 1. The zero-order chi connectivity index (χ0) is 15.1. The van der Waals surface area contributed by atoms with E-state index in [4.69, 9.17) is 4.74 Å². The number of rotatable bonds is 7. The van der Waals surface area contributed by atoms with Crippen LogP contribution in [0.1, 0.15) is 25.5 Å². The van der Waals surface area contributed by atoms with Gasteiger partial charge in [0.2, 0.25) is 5.91 Å². The van der Waals surface area contributed by atoms with E-state index in [2.05, 4.69) is 26.6 Å². The van der Waals surface area contributed by atoms with Gasteiger partial charge in [-0.05, 0) is 31.5 Å². The lowest BCUT2D eigenvalue weighted by molar-refractivity contribution is -0.123. The van der Waals surface area contributed by atoms with E-state index in [9.17, 15) is 9.18 Å². The van der Waals surface area contributed by atoms with Crippen molar-refractivity contribution in [2.24, 2.45) is 0 Å². The first-order valence-corrected chi connectivity index (χ1v) is 7.22. The van der Waals surface area contributed by atoms with Crippen LogP contribution in [0.15, 0.2) is 22.7 Å².